The highest BCUT2D eigenvalue weighted by molar-refractivity contribution is 5.79. The molecule has 3 heterocycles. The molecule has 1 spiro atoms. The monoisotopic (exact) mass is 348 g/mol. The van der Waals surface area contributed by atoms with E-state index in [2.05, 4.69) is 9.80 Å². The number of hydrogen-bond donors (Lipinski definition) is 0. The highest BCUT2D eigenvalue weighted by atomic mass is 16.5. The number of carbonyl (C=O) groups is 1. The topological polar surface area (TPSA) is 32.8 Å². The second-order valence-electron chi connectivity index (χ2n) is 9.13. The van der Waals surface area contributed by atoms with Crippen molar-refractivity contribution >= 4 is 5.91 Å². The maximum atomic E-state index is 13.0. The lowest BCUT2D eigenvalue weighted by Crippen LogP contribution is -2.53. The third-order valence-corrected chi connectivity index (χ3v) is 7.33. The minimum Gasteiger partial charge on any atom is -0.377 e. The van der Waals surface area contributed by atoms with Crippen molar-refractivity contribution in [2.24, 2.45) is 11.3 Å². The Morgan fingerprint density at radius 3 is 2.44 bits per heavy atom. The van der Waals surface area contributed by atoms with Gasteiger partial charge in [0.05, 0.1) is 6.10 Å². The van der Waals surface area contributed by atoms with E-state index in [1.54, 1.807) is 0 Å². The normalized spacial score (nSPS) is 31.5. The van der Waals surface area contributed by atoms with E-state index in [4.69, 9.17) is 4.74 Å². The molecule has 1 amide bonds. The number of ether oxygens (including phenoxy) is 1. The van der Waals surface area contributed by atoms with E-state index in [1.165, 1.54) is 70.9 Å². The van der Waals surface area contributed by atoms with Crippen LogP contribution in [0.25, 0.3) is 0 Å². The van der Waals surface area contributed by atoms with Gasteiger partial charge in [0, 0.05) is 32.2 Å². The molecule has 4 rings (SSSR count). The van der Waals surface area contributed by atoms with Crippen LogP contribution in [0.15, 0.2) is 0 Å². The number of amides is 1. The smallest absolute Gasteiger partial charge is 0.225 e. The van der Waals surface area contributed by atoms with Crippen LogP contribution in [0.5, 0.6) is 0 Å². The highest BCUT2D eigenvalue weighted by Gasteiger charge is 2.41. The fourth-order valence-corrected chi connectivity index (χ4v) is 5.70. The molecule has 0 aromatic carbocycles. The van der Waals surface area contributed by atoms with Crippen molar-refractivity contribution in [1.29, 1.82) is 0 Å². The van der Waals surface area contributed by atoms with Crippen LogP contribution in [0.2, 0.25) is 0 Å². The molecule has 1 unspecified atom stereocenters. The fraction of sp³-hybridized carbons (Fsp3) is 0.952. The average molecular weight is 349 g/mol. The van der Waals surface area contributed by atoms with Gasteiger partial charge in [-0.05, 0) is 69.9 Å². The molecule has 1 atom stereocenters. The first kappa shape index (κ1) is 17.8. The summed E-state index contributed by atoms with van der Waals surface area (Å²) in [7, 11) is 0. The second-order valence-corrected chi connectivity index (χ2v) is 9.13. The standard InChI is InChI=1S/C21H36N2O2/c24-20(18-6-2-1-3-7-18)23-12-5-9-21(17-23)10-13-22(14-11-21)16-19-8-4-15-25-19/h18-19H,1-17H2. The molecule has 0 radical (unpaired) electrons. The van der Waals surface area contributed by atoms with Gasteiger partial charge in [0.2, 0.25) is 5.91 Å². The van der Waals surface area contributed by atoms with Crippen molar-refractivity contribution in [3.8, 4) is 0 Å². The molecular weight excluding hydrogens is 312 g/mol. The maximum absolute atomic E-state index is 13.0. The molecule has 25 heavy (non-hydrogen) atoms. The number of hydrogen-bond acceptors (Lipinski definition) is 3. The lowest BCUT2D eigenvalue weighted by molar-refractivity contribution is -0.141. The van der Waals surface area contributed by atoms with Crippen LogP contribution in [0, 0.1) is 11.3 Å². The first-order valence-electron chi connectivity index (χ1n) is 10.9. The number of piperidine rings is 2. The van der Waals surface area contributed by atoms with E-state index < -0.39 is 0 Å². The Morgan fingerprint density at radius 2 is 1.72 bits per heavy atom. The maximum Gasteiger partial charge on any atom is 0.225 e. The van der Waals surface area contributed by atoms with Crippen LogP contribution < -0.4 is 0 Å². The van der Waals surface area contributed by atoms with Crippen LogP contribution in [-0.2, 0) is 9.53 Å². The summed E-state index contributed by atoms with van der Waals surface area (Å²) in [6.07, 6.45) is 14.2. The average Bonchev–Trinajstić information content (AvgIpc) is 3.17. The molecule has 1 saturated carbocycles. The van der Waals surface area contributed by atoms with Gasteiger partial charge in [-0.3, -0.25) is 4.79 Å². The van der Waals surface area contributed by atoms with Crippen LogP contribution in [-0.4, -0.2) is 61.1 Å². The molecule has 4 nitrogen and oxygen atoms in total. The molecule has 4 heteroatoms. The lowest BCUT2D eigenvalue weighted by Gasteiger charge is -2.48. The molecule has 3 saturated heterocycles. The van der Waals surface area contributed by atoms with E-state index in [1.807, 2.05) is 0 Å². The Kier molecular flexibility index (Phi) is 5.66. The van der Waals surface area contributed by atoms with Gasteiger partial charge in [0.1, 0.15) is 0 Å². The molecule has 0 aromatic rings. The van der Waals surface area contributed by atoms with Gasteiger partial charge in [-0.15, -0.1) is 0 Å². The summed E-state index contributed by atoms with van der Waals surface area (Å²) < 4.78 is 5.81. The van der Waals surface area contributed by atoms with E-state index in [0.717, 1.165) is 39.1 Å². The van der Waals surface area contributed by atoms with Crippen molar-refractivity contribution in [2.75, 3.05) is 39.3 Å². The molecule has 4 fully saturated rings. The number of rotatable bonds is 3. The van der Waals surface area contributed by atoms with Crippen LogP contribution in [0.3, 0.4) is 0 Å². The Hall–Kier alpha value is -0.610. The molecule has 0 N–H and O–H groups in total. The number of nitrogens with zero attached hydrogens (tertiary/aromatic N) is 2. The van der Waals surface area contributed by atoms with Crippen molar-refractivity contribution in [3.05, 3.63) is 0 Å². The fourth-order valence-electron chi connectivity index (χ4n) is 5.70. The number of likely N-dealkylation sites (tertiary alicyclic amines) is 2. The first-order valence-corrected chi connectivity index (χ1v) is 10.9. The number of carbonyl (C=O) groups excluding carboxylic acids is 1. The van der Waals surface area contributed by atoms with E-state index in [0.29, 0.717) is 23.3 Å². The van der Waals surface area contributed by atoms with Gasteiger partial charge in [-0.25, -0.2) is 0 Å². The third kappa shape index (κ3) is 4.21. The molecule has 0 aromatic heterocycles. The summed E-state index contributed by atoms with van der Waals surface area (Å²) in [6, 6.07) is 0. The van der Waals surface area contributed by atoms with Crippen LogP contribution >= 0.6 is 0 Å². The summed E-state index contributed by atoms with van der Waals surface area (Å²) >= 11 is 0. The minimum atomic E-state index is 0.337. The Labute approximate surface area is 153 Å². The second kappa shape index (κ2) is 7.96. The summed E-state index contributed by atoms with van der Waals surface area (Å²) in [5.74, 6) is 0.823. The predicted molar refractivity (Wildman–Crippen MR) is 99.5 cm³/mol. The Morgan fingerprint density at radius 1 is 0.920 bits per heavy atom. The molecule has 3 aliphatic heterocycles. The van der Waals surface area contributed by atoms with Gasteiger partial charge in [0.25, 0.3) is 0 Å². The Balaban J connectivity index is 1.29. The van der Waals surface area contributed by atoms with Crippen molar-refractivity contribution in [1.82, 2.24) is 9.80 Å². The minimum absolute atomic E-state index is 0.337. The molecule has 4 aliphatic rings. The third-order valence-electron chi connectivity index (χ3n) is 7.33. The van der Waals surface area contributed by atoms with E-state index >= 15 is 0 Å². The summed E-state index contributed by atoms with van der Waals surface area (Å²) in [4.78, 5) is 17.8. The van der Waals surface area contributed by atoms with Crippen LogP contribution in [0.1, 0.15) is 70.6 Å². The molecular formula is C21H36N2O2. The summed E-state index contributed by atoms with van der Waals surface area (Å²) in [5, 5.41) is 0. The lowest BCUT2D eigenvalue weighted by atomic mass is 9.72. The van der Waals surface area contributed by atoms with Crippen molar-refractivity contribution < 1.29 is 9.53 Å². The zero-order chi connectivity index (χ0) is 17.1. The SMILES string of the molecule is O=C(C1CCCCC1)N1CCCC2(CCN(CC3CCCO3)CC2)C1. The largest absolute Gasteiger partial charge is 0.377 e. The predicted octanol–water partition coefficient (Wildman–Crippen LogP) is 3.45. The van der Waals surface area contributed by atoms with E-state index in [9.17, 15) is 4.79 Å². The van der Waals surface area contributed by atoms with Crippen LogP contribution in [0.4, 0.5) is 0 Å². The Bertz CT molecular complexity index is 447. The van der Waals surface area contributed by atoms with Gasteiger partial charge < -0.3 is 14.5 Å². The van der Waals surface area contributed by atoms with Gasteiger partial charge in [-0.1, -0.05) is 19.3 Å². The van der Waals surface area contributed by atoms with Crippen molar-refractivity contribution in [2.45, 2.75) is 76.7 Å². The van der Waals surface area contributed by atoms with Gasteiger partial charge in [-0.2, -0.15) is 0 Å². The summed E-state index contributed by atoms with van der Waals surface area (Å²) in [5.41, 5.74) is 0.412. The molecule has 1 aliphatic carbocycles. The molecule has 0 bridgehead atoms. The molecule has 142 valence electrons. The van der Waals surface area contributed by atoms with Gasteiger partial charge in [0.15, 0.2) is 0 Å². The summed E-state index contributed by atoms with van der Waals surface area (Å²) in [6.45, 7) is 6.53. The zero-order valence-electron chi connectivity index (χ0n) is 15.9. The van der Waals surface area contributed by atoms with E-state index in [-0.39, 0.29) is 0 Å². The van der Waals surface area contributed by atoms with Crippen molar-refractivity contribution in [3.63, 3.8) is 0 Å². The van der Waals surface area contributed by atoms with Gasteiger partial charge >= 0.3 is 0 Å². The quantitative estimate of drug-likeness (QED) is 0.783. The highest BCUT2D eigenvalue weighted by Crippen LogP contribution is 2.41. The first-order chi connectivity index (χ1) is 12.2. The zero-order valence-corrected chi connectivity index (χ0v) is 15.9.